The van der Waals surface area contributed by atoms with Gasteiger partial charge in [0.25, 0.3) is 5.91 Å². The predicted molar refractivity (Wildman–Crippen MR) is 81.9 cm³/mol. The molecule has 0 spiro atoms. The summed E-state index contributed by atoms with van der Waals surface area (Å²) in [4.78, 5) is 11.8. The van der Waals surface area contributed by atoms with Crippen molar-refractivity contribution >= 4 is 18.3 Å². The molecule has 0 heterocycles. The van der Waals surface area contributed by atoms with Gasteiger partial charge in [0.05, 0.1) is 6.61 Å². The van der Waals surface area contributed by atoms with E-state index in [1.54, 1.807) is 31.4 Å². The maximum absolute atomic E-state index is 11.8. The van der Waals surface area contributed by atoms with E-state index in [2.05, 4.69) is 10.6 Å². The molecule has 1 amide bonds. The summed E-state index contributed by atoms with van der Waals surface area (Å²) in [6.07, 6.45) is 0. The molecular weight excluding hydrogens is 280 g/mol. The number of ether oxygens (including phenoxy) is 2. The highest BCUT2D eigenvalue weighted by molar-refractivity contribution is 5.94. The quantitative estimate of drug-likeness (QED) is 0.678. The van der Waals surface area contributed by atoms with Crippen LogP contribution < -0.4 is 15.4 Å². The Kier molecular flexibility index (Phi) is 10.8. The lowest BCUT2D eigenvalue weighted by molar-refractivity contribution is 0.0954. The second-order valence-corrected chi connectivity index (χ2v) is 3.98. The van der Waals surface area contributed by atoms with Crippen LogP contribution >= 0.6 is 12.4 Å². The zero-order chi connectivity index (χ0) is 13.9. The summed E-state index contributed by atoms with van der Waals surface area (Å²) in [6.45, 7) is 5.39. The summed E-state index contributed by atoms with van der Waals surface area (Å²) in [5.74, 6) is 0.669. The average molecular weight is 303 g/mol. The highest BCUT2D eigenvalue weighted by Gasteiger charge is 2.04. The van der Waals surface area contributed by atoms with Gasteiger partial charge in [-0.15, -0.1) is 12.4 Å². The maximum atomic E-state index is 11.8. The lowest BCUT2D eigenvalue weighted by Gasteiger charge is -2.07. The van der Waals surface area contributed by atoms with Crippen LogP contribution in [-0.2, 0) is 4.74 Å². The zero-order valence-electron chi connectivity index (χ0n) is 12.0. The molecule has 0 fully saturated rings. The van der Waals surface area contributed by atoms with E-state index in [1.165, 1.54) is 0 Å². The van der Waals surface area contributed by atoms with Crippen LogP contribution in [0, 0.1) is 0 Å². The minimum absolute atomic E-state index is 0. The first-order valence-electron chi connectivity index (χ1n) is 6.48. The van der Waals surface area contributed by atoms with Gasteiger partial charge in [-0.1, -0.05) is 6.92 Å². The Morgan fingerprint density at radius 1 is 1.15 bits per heavy atom. The Hall–Kier alpha value is -1.30. The largest absolute Gasteiger partial charge is 0.491 e. The van der Waals surface area contributed by atoms with Crippen molar-refractivity contribution in [3.63, 3.8) is 0 Å². The maximum Gasteiger partial charge on any atom is 0.251 e. The number of hydrogen-bond donors (Lipinski definition) is 2. The topological polar surface area (TPSA) is 59.6 Å². The summed E-state index contributed by atoms with van der Waals surface area (Å²) < 4.78 is 10.3. The molecule has 0 radical (unpaired) electrons. The molecule has 0 saturated heterocycles. The van der Waals surface area contributed by atoms with Crippen molar-refractivity contribution in [1.29, 1.82) is 0 Å². The van der Waals surface area contributed by atoms with E-state index < -0.39 is 0 Å². The van der Waals surface area contributed by atoms with Crippen LogP contribution in [0.1, 0.15) is 17.3 Å². The number of methoxy groups -OCH3 is 1. The van der Waals surface area contributed by atoms with Crippen molar-refractivity contribution in [2.75, 3.05) is 40.0 Å². The molecule has 0 aliphatic heterocycles. The molecule has 6 heteroatoms. The van der Waals surface area contributed by atoms with Gasteiger partial charge in [0, 0.05) is 25.8 Å². The Bertz CT molecular complexity index is 371. The smallest absolute Gasteiger partial charge is 0.251 e. The number of halogens is 1. The number of nitrogens with one attached hydrogen (secondary N) is 2. The molecule has 0 bridgehead atoms. The Labute approximate surface area is 126 Å². The Morgan fingerprint density at radius 3 is 2.45 bits per heavy atom. The highest BCUT2D eigenvalue weighted by Crippen LogP contribution is 2.11. The van der Waals surface area contributed by atoms with Crippen LogP contribution in [-0.4, -0.2) is 45.9 Å². The molecule has 0 aliphatic carbocycles. The third kappa shape index (κ3) is 7.33. The molecule has 0 atom stereocenters. The molecule has 20 heavy (non-hydrogen) atoms. The van der Waals surface area contributed by atoms with Gasteiger partial charge in [-0.2, -0.15) is 0 Å². The molecule has 1 aromatic carbocycles. The number of rotatable bonds is 9. The minimum Gasteiger partial charge on any atom is -0.491 e. The van der Waals surface area contributed by atoms with Gasteiger partial charge < -0.3 is 20.1 Å². The molecule has 1 aromatic rings. The lowest BCUT2D eigenvalue weighted by atomic mass is 10.2. The summed E-state index contributed by atoms with van der Waals surface area (Å²) in [6, 6.07) is 7.08. The van der Waals surface area contributed by atoms with Crippen molar-refractivity contribution in [3.05, 3.63) is 29.8 Å². The van der Waals surface area contributed by atoms with Gasteiger partial charge in [0.2, 0.25) is 0 Å². The Morgan fingerprint density at radius 2 is 1.85 bits per heavy atom. The van der Waals surface area contributed by atoms with Crippen molar-refractivity contribution in [2.45, 2.75) is 6.92 Å². The molecule has 2 N–H and O–H groups in total. The molecule has 114 valence electrons. The predicted octanol–water partition coefficient (Wildman–Crippen LogP) is 1.47. The molecule has 0 unspecified atom stereocenters. The van der Waals surface area contributed by atoms with E-state index in [1.807, 2.05) is 6.92 Å². The van der Waals surface area contributed by atoms with Gasteiger partial charge in [0.15, 0.2) is 0 Å². The van der Waals surface area contributed by atoms with Gasteiger partial charge in [-0.25, -0.2) is 0 Å². The fraction of sp³-hybridized carbons (Fsp3) is 0.500. The van der Waals surface area contributed by atoms with Crippen molar-refractivity contribution in [1.82, 2.24) is 10.6 Å². The second kappa shape index (κ2) is 11.5. The Balaban J connectivity index is 0.00000361. The third-order valence-corrected chi connectivity index (χ3v) is 2.51. The molecular formula is C14H23ClN2O3. The summed E-state index contributed by atoms with van der Waals surface area (Å²) in [5.41, 5.74) is 0.635. The lowest BCUT2D eigenvalue weighted by Crippen LogP contribution is -2.31. The number of carbonyl (C=O) groups excluding carboxylic acids is 1. The minimum atomic E-state index is -0.0682. The molecule has 0 aliphatic rings. The number of hydrogen-bond acceptors (Lipinski definition) is 4. The standard InChI is InChI=1S/C14H22N2O3.ClH/c1-3-15-8-9-16-14(17)12-4-6-13(7-5-12)19-11-10-18-2;/h4-7,15H,3,8-11H2,1-2H3,(H,16,17);1H. The van der Waals surface area contributed by atoms with Gasteiger partial charge >= 0.3 is 0 Å². The van der Waals surface area contributed by atoms with Crippen LogP contribution in [0.15, 0.2) is 24.3 Å². The van der Waals surface area contributed by atoms with Crippen molar-refractivity contribution in [2.24, 2.45) is 0 Å². The first-order chi connectivity index (χ1) is 9.27. The van der Waals surface area contributed by atoms with Crippen LogP contribution in [0.25, 0.3) is 0 Å². The van der Waals surface area contributed by atoms with Crippen LogP contribution in [0.3, 0.4) is 0 Å². The summed E-state index contributed by atoms with van der Waals surface area (Å²) in [7, 11) is 1.63. The second-order valence-electron chi connectivity index (χ2n) is 3.98. The van der Waals surface area contributed by atoms with Crippen molar-refractivity contribution < 1.29 is 14.3 Å². The monoisotopic (exact) mass is 302 g/mol. The van der Waals surface area contributed by atoms with Gasteiger partial charge in [-0.3, -0.25) is 4.79 Å². The zero-order valence-corrected chi connectivity index (χ0v) is 12.8. The summed E-state index contributed by atoms with van der Waals surface area (Å²) in [5, 5.41) is 5.99. The van der Waals surface area contributed by atoms with E-state index in [0.717, 1.165) is 18.8 Å². The van der Waals surface area contributed by atoms with Crippen LogP contribution in [0.5, 0.6) is 5.75 Å². The fourth-order valence-electron chi connectivity index (χ4n) is 1.49. The van der Waals surface area contributed by atoms with Crippen LogP contribution in [0.2, 0.25) is 0 Å². The van der Waals surface area contributed by atoms with Gasteiger partial charge in [0.1, 0.15) is 12.4 Å². The molecule has 5 nitrogen and oxygen atoms in total. The number of benzene rings is 1. The van der Waals surface area contributed by atoms with Crippen LogP contribution in [0.4, 0.5) is 0 Å². The first-order valence-corrected chi connectivity index (χ1v) is 6.48. The average Bonchev–Trinajstić information content (AvgIpc) is 2.44. The molecule has 1 rings (SSSR count). The number of amides is 1. The van der Waals surface area contributed by atoms with E-state index in [-0.39, 0.29) is 18.3 Å². The van der Waals surface area contributed by atoms with E-state index in [9.17, 15) is 4.79 Å². The SMILES string of the molecule is CCNCCNC(=O)c1ccc(OCCOC)cc1.Cl. The first kappa shape index (κ1) is 18.7. The third-order valence-electron chi connectivity index (χ3n) is 2.51. The highest BCUT2D eigenvalue weighted by atomic mass is 35.5. The molecule has 0 saturated carbocycles. The normalized spacial score (nSPS) is 9.70. The number of likely N-dealkylation sites (N-methyl/N-ethyl adjacent to an activating group) is 1. The summed E-state index contributed by atoms with van der Waals surface area (Å²) >= 11 is 0. The van der Waals surface area contributed by atoms with E-state index in [4.69, 9.17) is 9.47 Å². The molecule has 0 aromatic heterocycles. The van der Waals surface area contributed by atoms with E-state index in [0.29, 0.717) is 25.3 Å². The van der Waals surface area contributed by atoms with Crippen molar-refractivity contribution in [3.8, 4) is 5.75 Å². The fourth-order valence-corrected chi connectivity index (χ4v) is 1.49. The number of carbonyl (C=O) groups is 1. The van der Waals surface area contributed by atoms with E-state index >= 15 is 0 Å². The van der Waals surface area contributed by atoms with Gasteiger partial charge in [-0.05, 0) is 30.8 Å².